The van der Waals surface area contributed by atoms with Crippen molar-refractivity contribution in [3.05, 3.63) is 70.2 Å². The molecule has 0 spiro atoms. The normalized spacial score (nSPS) is 18.3. The van der Waals surface area contributed by atoms with E-state index < -0.39 is 6.10 Å². The number of aliphatic hydroxyl groups excluding tert-OH is 1. The topological polar surface area (TPSA) is 20.2 Å². The first-order valence-corrected chi connectivity index (χ1v) is 7.01. The van der Waals surface area contributed by atoms with Gasteiger partial charge in [-0.25, -0.2) is 0 Å². The van der Waals surface area contributed by atoms with Crippen molar-refractivity contribution >= 4 is 15.9 Å². The standard InChI is InChI=1S/C16H15BrO/c17-14-8-6-12(7-9-14)15(18)16(10-11-16)13-4-2-1-3-5-13/h1-9,15,18H,10-11H2. The molecule has 2 heteroatoms. The van der Waals surface area contributed by atoms with E-state index in [1.54, 1.807) is 0 Å². The van der Waals surface area contributed by atoms with Crippen molar-refractivity contribution in [2.24, 2.45) is 0 Å². The van der Waals surface area contributed by atoms with Gasteiger partial charge in [0, 0.05) is 9.89 Å². The molecule has 1 aliphatic rings. The van der Waals surface area contributed by atoms with Crippen LogP contribution in [0.15, 0.2) is 59.1 Å². The highest BCUT2D eigenvalue weighted by Gasteiger charge is 2.50. The van der Waals surface area contributed by atoms with Gasteiger partial charge in [-0.1, -0.05) is 58.4 Å². The third-order valence-corrected chi connectivity index (χ3v) is 4.38. The van der Waals surface area contributed by atoms with Crippen LogP contribution in [0.5, 0.6) is 0 Å². The van der Waals surface area contributed by atoms with Crippen LogP contribution < -0.4 is 0 Å². The van der Waals surface area contributed by atoms with E-state index in [-0.39, 0.29) is 5.41 Å². The molecule has 3 rings (SSSR count). The number of hydrogen-bond acceptors (Lipinski definition) is 1. The molecule has 0 amide bonds. The van der Waals surface area contributed by atoms with Gasteiger partial charge in [0.05, 0.1) is 6.10 Å². The fourth-order valence-electron chi connectivity index (χ4n) is 2.59. The first-order valence-electron chi connectivity index (χ1n) is 6.21. The summed E-state index contributed by atoms with van der Waals surface area (Å²) in [6.07, 6.45) is 1.72. The van der Waals surface area contributed by atoms with E-state index in [1.165, 1.54) is 5.56 Å². The number of aliphatic hydroxyl groups is 1. The Morgan fingerprint density at radius 3 is 2.11 bits per heavy atom. The number of halogens is 1. The Labute approximate surface area is 116 Å². The van der Waals surface area contributed by atoms with Gasteiger partial charge in [-0.3, -0.25) is 0 Å². The Morgan fingerprint density at radius 1 is 0.944 bits per heavy atom. The lowest BCUT2D eigenvalue weighted by Gasteiger charge is -2.23. The summed E-state index contributed by atoms with van der Waals surface area (Å²) in [7, 11) is 0. The third kappa shape index (κ3) is 2.00. The van der Waals surface area contributed by atoms with E-state index in [2.05, 4.69) is 28.1 Å². The van der Waals surface area contributed by atoms with Crippen LogP contribution in [0.4, 0.5) is 0 Å². The molecule has 1 unspecified atom stereocenters. The maximum atomic E-state index is 10.6. The Balaban J connectivity index is 1.93. The Kier molecular flexibility index (Phi) is 3.00. The highest BCUT2D eigenvalue weighted by Crippen LogP contribution is 2.56. The smallest absolute Gasteiger partial charge is 0.0886 e. The van der Waals surface area contributed by atoms with Crippen molar-refractivity contribution in [3.8, 4) is 0 Å². The van der Waals surface area contributed by atoms with Gasteiger partial charge >= 0.3 is 0 Å². The van der Waals surface area contributed by atoms with E-state index in [9.17, 15) is 5.11 Å². The van der Waals surface area contributed by atoms with Gasteiger partial charge in [-0.05, 0) is 36.1 Å². The van der Waals surface area contributed by atoms with E-state index in [1.807, 2.05) is 42.5 Å². The SMILES string of the molecule is OC(c1ccc(Br)cc1)C1(c2ccccc2)CC1. The van der Waals surface area contributed by atoms with Gasteiger partial charge in [-0.2, -0.15) is 0 Å². The molecular weight excluding hydrogens is 288 g/mol. The fourth-order valence-corrected chi connectivity index (χ4v) is 2.85. The third-order valence-electron chi connectivity index (χ3n) is 3.85. The molecule has 0 saturated heterocycles. The molecule has 0 aliphatic heterocycles. The lowest BCUT2D eigenvalue weighted by atomic mass is 9.86. The molecule has 18 heavy (non-hydrogen) atoms. The summed E-state index contributed by atoms with van der Waals surface area (Å²) in [6.45, 7) is 0. The predicted molar refractivity (Wildman–Crippen MR) is 76.5 cm³/mol. The molecule has 1 nitrogen and oxygen atoms in total. The van der Waals surface area contributed by atoms with E-state index in [4.69, 9.17) is 0 Å². The highest BCUT2D eigenvalue weighted by molar-refractivity contribution is 9.10. The quantitative estimate of drug-likeness (QED) is 0.900. The molecule has 2 aromatic carbocycles. The van der Waals surface area contributed by atoms with Crippen LogP contribution in [0.1, 0.15) is 30.1 Å². The van der Waals surface area contributed by atoms with Crippen LogP contribution in [0.25, 0.3) is 0 Å². The van der Waals surface area contributed by atoms with Gasteiger partial charge < -0.3 is 5.11 Å². The molecule has 0 aromatic heterocycles. The molecule has 1 saturated carbocycles. The minimum Gasteiger partial charge on any atom is -0.387 e. The van der Waals surface area contributed by atoms with Gasteiger partial charge in [0.25, 0.3) is 0 Å². The Bertz CT molecular complexity index is 529. The summed E-state index contributed by atoms with van der Waals surface area (Å²) < 4.78 is 1.04. The second-order valence-corrected chi connectivity index (χ2v) is 5.89. The van der Waals surface area contributed by atoms with Gasteiger partial charge in [0.15, 0.2) is 0 Å². The molecule has 0 heterocycles. The minimum atomic E-state index is -0.409. The first kappa shape index (κ1) is 11.9. The maximum Gasteiger partial charge on any atom is 0.0886 e. The van der Waals surface area contributed by atoms with Crippen LogP contribution >= 0.6 is 15.9 Å². The van der Waals surface area contributed by atoms with Crippen LogP contribution in [-0.2, 0) is 5.41 Å². The van der Waals surface area contributed by atoms with Crippen LogP contribution in [-0.4, -0.2) is 5.11 Å². The molecule has 2 aromatic rings. The maximum absolute atomic E-state index is 10.6. The summed E-state index contributed by atoms with van der Waals surface area (Å²) in [5.74, 6) is 0. The second-order valence-electron chi connectivity index (χ2n) is 4.98. The van der Waals surface area contributed by atoms with E-state index >= 15 is 0 Å². The summed E-state index contributed by atoms with van der Waals surface area (Å²) in [4.78, 5) is 0. The number of rotatable bonds is 3. The van der Waals surface area contributed by atoms with Crippen molar-refractivity contribution in [3.63, 3.8) is 0 Å². The molecule has 1 atom stereocenters. The van der Waals surface area contributed by atoms with Gasteiger partial charge in [0.2, 0.25) is 0 Å². The van der Waals surface area contributed by atoms with Crippen molar-refractivity contribution in [2.75, 3.05) is 0 Å². The summed E-state index contributed by atoms with van der Waals surface area (Å²) >= 11 is 3.42. The second kappa shape index (κ2) is 4.52. The van der Waals surface area contributed by atoms with Crippen LogP contribution in [0, 0.1) is 0 Å². The monoisotopic (exact) mass is 302 g/mol. The summed E-state index contributed by atoms with van der Waals surface area (Å²) in [6, 6.07) is 18.3. The minimum absolute atomic E-state index is 0.0604. The molecule has 0 radical (unpaired) electrons. The zero-order valence-electron chi connectivity index (χ0n) is 10.0. The van der Waals surface area contributed by atoms with Crippen molar-refractivity contribution in [1.29, 1.82) is 0 Å². The molecule has 0 bridgehead atoms. The van der Waals surface area contributed by atoms with E-state index in [0.29, 0.717) is 0 Å². The van der Waals surface area contributed by atoms with Crippen LogP contribution in [0.2, 0.25) is 0 Å². The lowest BCUT2D eigenvalue weighted by molar-refractivity contribution is 0.133. The van der Waals surface area contributed by atoms with Crippen molar-refractivity contribution in [2.45, 2.75) is 24.4 Å². The zero-order valence-corrected chi connectivity index (χ0v) is 11.6. The highest BCUT2D eigenvalue weighted by atomic mass is 79.9. The molecule has 1 fully saturated rings. The molecular formula is C16H15BrO. The van der Waals surface area contributed by atoms with Crippen LogP contribution in [0.3, 0.4) is 0 Å². The summed E-state index contributed by atoms with van der Waals surface area (Å²) in [5, 5.41) is 10.6. The van der Waals surface area contributed by atoms with Crippen molar-refractivity contribution < 1.29 is 5.11 Å². The van der Waals surface area contributed by atoms with Gasteiger partial charge in [0.1, 0.15) is 0 Å². The van der Waals surface area contributed by atoms with E-state index in [0.717, 1.165) is 22.9 Å². The molecule has 1 N–H and O–H groups in total. The Hall–Kier alpha value is -1.12. The summed E-state index contributed by atoms with van der Waals surface area (Å²) in [5.41, 5.74) is 2.19. The molecule has 1 aliphatic carbocycles. The molecule has 92 valence electrons. The first-order chi connectivity index (χ1) is 8.72. The fraction of sp³-hybridized carbons (Fsp3) is 0.250. The largest absolute Gasteiger partial charge is 0.387 e. The van der Waals surface area contributed by atoms with Crippen molar-refractivity contribution in [1.82, 2.24) is 0 Å². The predicted octanol–water partition coefficient (Wildman–Crippen LogP) is 4.21. The lowest BCUT2D eigenvalue weighted by Crippen LogP contribution is -2.18. The number of benzene rings is 2. The Morgan fingerprint density at radius 2 is 1.56 bits per heavy atom. The zero-order chi connectivity index (χ0) is 12.6. The average Bonchev–Trinajstić information content (AvgIpc) is 3.21. The van der Waals surface area contributed by atoms with Gasteiger partial charge in [-0.15, -0.1) is 0 Å². The number of hydrogen-bond donors (Lipinski definition) is 1. The average molecular weight is 303 g/mol.